The van der Waals surface area contributed by atoms with Crippen LogP contribution in [0.25, 0.3) is 0 Å². The summed E-state index contributed by atoms with van der Waals surface area (Å²) in [4.78, 5) is 27.0. The molecule has 0 unspecified atom stereocenters. The van der Waals surface area contributed by atoms with Gasteiger partial charge in [0.05, 0.1) is 5.56 Å². The number of anilines is 1. The molecule has 5 nitrogen and oxygen atoms in total. The summed E-state index contributed by atoms with van der Waals surface area (Å²) in [6, 6.07) is 9.89. The smallest absolute Gasteiger partial charge is 0.254 e. The van der Waals surface area contributed by atoms with Crippen LogP contribution in [0.1, 0.15) is 52.0 Å². The lowest BCUT2D eigenvalue weighted by molar-refractivity contribution is -0.122. The molecule has 0 bridgehead atoms. The third kappa shape index (κ3) is 4.28. The van der Waals surface area contributed by atoms with Crippen molar-refractivity contribution in [1.82, 2.24) is 5.32 Å². The first-order chi connectivity index (χ1) is 13.7. The lowest BCUT2D eigenvalue weighted by Gasteiger charge is -2.21. The Morgan fingerprint density at radius 3 is 2.61 bits per heavy atom. The third-order valence-corrected chi connectivity index (χ3v) is 6.73. The van der Waals surface area contributed by atoms with Crippen molar-refractivity contribution >= 4 is 28.2 Å². The SMILES string of the molecule is O=C(NCc1ccccc1)c1c(NC(=O)C2CCOCC2)sc2c1CCCC2. The fourth-order valence-electron chi connectivity index (χ4n) is 3.93. The van der Waals surface area contributed by atoms with Crippen LogP contribution >= 0.6 is 11.3 Å². The highest BCUT2D eigenvalue weighted by Gasteiger charge is 2.28. The summed E-state index contributed by atoms with van der Waals surface area (Å²) in [5.74, 6) is -0.113. The highest BCUT2D eigenvalue weighted by Crippen LogP contribution is 2.38. The zero-order valence-electron chi connectivity index (χ0n) is 16.0. The maximum Gasteiger partial charge on any atom is 0.254 e. The fourth-order valence-corrected chi connectivity index (χ4v) is 5.22. The number of ether oxygens (including phenoxy) is 1. The first kappa shape index (κ1) is 19.2. The van der Waals surface area contributed by atoms with E-state index in [0.717, 1.165) is 49.7 Å². The van der Waals surface area contributed by atoms with E-state index < -0.39 is 0 Å². The Bertz CT molecular complexity index is 841. The van der Waals surface area contributed by atoms with Crippen molar-refractivity contribution in [3.63, 3.8) is 0 Å². The number of carbonyl (C=O) groups is 2. The topological polar surface area (TPSA) is 67.4 Å². The van der Waals surface area contributed by atoms with Crippen molar-refractivity contribution in [3.05, 3.63) is 51.9 Å². The van der Waals surface area contributed by atoms with E-state index >= 15 is 0 Å². The molecule has 2 N–H and O–H groups in total. The van der Waals surface area contributed by atoms with Crippen molar-refractivity contribution in [1.29, 1.82) is 0 Å². The second-order valence-corrected chi connectivity index (χ2v) is 8.56. The number of hydrogen-bond acceptors (Lipinski definition) is 4. The Balaban J connectivity index is 1.53. The molecule has 2 aromatic rings. The molecule has 2 amide bonds. The van der Waals surface area contributed by atoms with Gasteiger partial charge in [0.1, 0.15) is 5.00 Å². The number of nitrogens with one attached hydrogen (secondary N) is 2. The van der Waals surface area contributed by atoms with Gasteiger partial charge in [-0.15, -0.1) is 11.3 Å². The molecule has 0 atom stereocenters. The molecule has 1 aromatic carbocycles. The van der Waals surface area contributed by atoms with Gasteiger partial charge in [0.2, 0.25) is 5.91 Å². The number of hydrogen-bond donors (Lipinski definition) is 2. The van der Waals surface area contributed by atoms with Crippen LogP contribution in [0.2, 0.25) is 0 Å². The van der Waals surface area contributed by atoms with E-state index in [9.17, 15) is 9.59 Å². The number of rotatable bonds is 5. The minimum Gasteiger partial charge on any atom is -0.381 e. The predicted octanol–water partition coefficient (Wildman–Crippen LogP) is 3.92. The molecule has 28 heavy (non-hydrogen) atoms. The third-order valence-electron chi connectivity index (χ3n) is 5.52. The van der Waals surface area contributed by atoms with Crippen molar-refractivity contribution in [2.24, 2.45) is 5.92 Å². The van der Waals surface area contributed by atoms with E-state index in [4.69, 9.17) is 4.74 Å². The molecule has 1 aromatic heterocycles. The van der Waals surface area contributed by atoms with Crippen LogP contribution in [-0.4, -0.2) is 25.0 Å². The summed E-state index contributed by atoms with van der Waals surface area (Å²) in [5.41, 5.74) is 2.87. The minimum absolute atomic E-state index is 0.0130. The maximum absolute atomic E-state index is 13.1. The molecule has 0 radical (unpaired) electrons. The molecular formula is C22H26N2O3S. The number of carbonyl (C=O) groups excluding carboxylic acids is 2. The van der Waals surface area contributed by atoms with Crippen LogP contribution in [0.15, 0.2) is 30.3 Å². The molecule has 2 aliphatic rings. The fraction of sp³-hybridized carbons (Fsp3) is 0.455. The van der Waals surface area contributed by atoms with E-state index in [1.807, 2.05) is 30.3 Å². The maximum atomic E-state index is 13.1. The zero-order chi connectivity index (χ0) is 19.3. The van der Waals surface area contributed by atoms with Gasteiger partial charge in [-0.2, -0.15) is 0 Å². The molecule has 1 aliphatic carbocycles. The summed E-state index contributed by atoms with van der Waals surface area (Å²) in [7, 11) is 0. The second kappa shape index (κ2) is 8.88. The largest absolute Gasteiger partial charge is 0.381 e. The van der Waals surface area contributed by atoms with Gasteiger partial charge in [0.25, 0.3) is 5.91 Å². The molecule has 1 saturated heterocycles. The highest BCUT2D eigenvalue weighted by molar-refractivity contribution is 7.17. The van der Waals surface area contributed by atoms with Gasteiger partial charge in [0.15, 0.2) is 0 Å². The van der Waals surface area contributed by atoms with Gasteiger partial charge < -0.3 is 15.4 Å². The predicted molar refractivity (Wildman–Crippen MR) is 111 cm³/mol. The van der Waals surface area contributed by atoms with Crippen LogP contribution in [0.3, 0.4) is 0 Å². The summed E-state index contributed by atoms with van der Waals surface area (Å²) < 4.78 is 5.36. The van der Waals surface area contributed by atoms with Crippen LogP contribution in [0.4, 0.5) is 5.00 Å². The Hall–Kier alpha value is -2.18. The average Bonchev–Trinajstić information content (AvgIpc) is 3.11. The minimum atomic E-state index is -0.0921. The number of fused-ring (bicyclic) bond motifs is 1. The average molecular weight is 399 g/mol. The number of amides is 2. The van der Waals surface area contributed by atoms with E-state index in [1.54, 1.807) is 11.3 Å². The molecule has 2 heterocycles. The summed E-state index contributed by atoms with van der Waals surface area (Å²) in [6.45, 7) is 1.74. The molecule has 1 fully saturated rings. The van der Waals surface area contributed by atoms with E-state index in [-0.39, 0.29) is 17.7 Å². The molecular weight excluding hydrogens is 372 g/mol. The molecule has 0 spiro atoms. The van der Waals surface area contributed by atoms with Crippen molar-refractivity contribution in [2.75, 3.05) is 18.5 Å². The first-order valence-electron chi connectivity index (χ1n) is 10.1. The lowest BCUT2D eigenvalue weighted by Crippen LogP contribution is -2.30. The van der Waals surface area contributed by atoms with Crippen LogP contribution in [0.5, 0.6) is 0 Å². The van der Waals surface area contributed by atoms with Crippen molar-refractivity contribution in [2.45, 2.75) is 45.1 Å². The molecule has 0 saturated carbocycles. The monoisotopic (exact) mass is 398 g/mol. The van der Waals surface area contributed by atoms with Gasteiger partial charge in [-0.3, -0.25) is 9.59 Å². The Morgan fingerprint density at radius 2 is 1.82 bits per heavy atom. The molecule has 148 valence electrons. The van der Waals surface area contributed by atoms with Crippen LogP contribution in [-0.2, 0) is 28.9 Å². The summed E-state index contributed by atoms with van der Waals surface area (Å²) in [5, 5.41) is 6.84. The first-order valence-corrected chi connectivity index (χ1v) is 10.9. The Kier molecular flexibility index (Phi) is 6.07. The zero-order valence-corrected chi connectivity index (χ0v) is 16.8. The quantitative estimate of drug-likeness (QED) is 0.802. The number of thiophene rings is 1. The van der Waals surface area contributed by atoms with Gasteiger partial charge in [0, 0.05) is 30.6 Å². The lowest BCUT2D eigenvalue weighted by atomic mass is 9.95. The second-order valence-electron chi connectivity index (χ2n) is 7.46. The van der Waals surface area contributed by atoms with Crippen LogP contribution in [0, 0.1) is 5.92 Å². The van der Waals surface area contributed by atoms with Crippen molar-refractivity contribution < 1.29 is 14.3 Å². The van der Waals surface area contributed by atoms with Gasteiger partial charge in [-0.1, -0.05) is 30.3 Å². The number of aryl methyl sites for hydroxylation is 1. The highest BCUT2D eigenvalue weighted by atomic mass is 32.1. The molecule has 6 heteroatoms. The van der Waals surface area contributed by atoms with E-state index in [2.05, 4.69) is 10.6 Å². The van der Waals surface area contributed by atoms with E-state index in [0.29, 0.717) is 30.3 Å². The van der Waals surface area contributed by atoms with Crippen molar-refractivity contribution in [3.8, 4) is 0 Å². The van der Waals surface area contributed by atoms with Gasteiger partial charge >= 0.3 is 0 Å². The number of benzene rings is 1. The standard InChI is InChI=1S/C22H26N2O3S/c25-20(16-10-12-27-13-11-16)24-22-19(17-8-4-5-9-18(17)28-22)21(26)23-14-15-6-2-1-3-7-15/h1-3,6-7,16H,4-5,8-14H2,(H,23,26)(H,24,25). The Morgan fingerprint density at radius 1 is 1.07 bits per heavy atom. The van der Waals surface area contributed by atoms with E-state index in [1.165, 1.54) is 4.88 Å². The van der Waals surface area contributed by atoms with Crippen LogP contribution < -0.4 is 10.6 Å². The van der Waals surface area contributed by atoms with Gasteiger partial charge in [-0.05, 0) is 49.7 Å². The molecule has 1 aliphatic heterocycles. The summed E-state index contributed by atoms with van der Waals surface area (Å²) >= 11 is 1.58. The summed E-state index contributed by atoms with van der Waals surface area (Å²) in [6.07, 6.45) is 5.63. The Labute approximate surface area is 169 Å². The molecule has 4 rings (SSSR count). The normalized spacial score (nSPS) is 17.0. The van der Waals surface area contributed by atoms with Gasteiger partial charge in [-0.25, -0.2) is 0 Å².